The first-order valence-corrected chi connectivity index (χ1v) is 13.5. The Labute approximate surface area is 195 Å². The van der Waals surface area contributed by atoms with Crippen LogP contribution in [0.4, 0.5) is 0 Å². The van der Waals surface area contributed by atoms with Crippen molar-refractivity contribution in [2.45, 2.75) is 62.2 Å². The third kappa shape index (κ3) is 4.32. The average Bonchev–Trinajstić information content (AvgIpc) is 3.36. The van der Waals surface area contributed by atoms with E-state index in [-0.39, 0.29) is 11.9 Å². The van der Waals surface area contributed by atoms with Crippen molar-refractivity contribution in [2.75, 3.05) is 39.4 Å². The van der Waals surface area contributed by atoms with Gasteiger partial charge in [-0.1, -0.05) is 12.8 Å². The molecule has 1 spiro atoms. The number of carbonyl (C=O) groups excluding carboxylic acids is 1. The second-order valence-electron chi connectivity index (χ2n) is 9.37. The summed E-state index contributed by atoms with van der Waals surface area (Å²) < 4.78 is 41.5. The van der Waals surface area contributed by atoms with Crippen molar-refractivity contribution in [3.05, 3.63) is 30.5 Å². The molecule has 3 saturated heterocycles. The Hall–Kier alpha value is -1.94. The largest absolute Gasteiger partial charge is 0.347 e. The van der Waals surface area contributed by atoms with Crippen LogP contribution in [0.1, 0.15) is 51.5 Å². The van der Waals surface area contributed by atoms with Crippen molar-refractivity contribution in [1.29, 1.82) is 0 Å². The molecular formula is C24H33N3O5S. The summed E-state index contributed by atoms with van der Waals surface area (Å²) in [6, 6.07) is 6.76. The molecule has 0 aliphatic carbocycles. The molecule has 180 valence electrons. The Bertz CT molecular complexity index is 1100. The van der Waals surface area contributed by atoms with Gasteiger partial charge in [-0.3, -0.25) is 4.79 Å². The van der Waals surface area contributed by atoms with Crippen LogP contribution in [0, 0.1) is 0 Å². The standard InChI is InChI=1S/C24H33N3O5S/c1-19(23(28)25-14-9-24(10-15-25)31-16-17-32-24)27-13-8-20-18-21(6-7-22(20)27)33(29,30)26-11-4-2-3-5-12-26/h6-8,13,18-19H,2-5,9-12,14-17H2,1H3. The van der Waals surface area contributed by atoms with E-state index < -0.39 is 15.8 Å². The van der Waals surface area contributed by atoms with Crippen LogP contribution in [-0.4, -0.2) is 73.3 Å². The zero-order chi connectivity index (χ0) is 23.1. The first-order valence-electron chi connectivity index (χ1n) is 12.1. The number of rotatable bonds is 4. The van der Waals surface area contributed by atoms with Gasteiger partial charge in [-0.05, 0) is 44.0 Å². The predicted molar refractivity (Wildman–Crippen MR) is 124 cm³/mol. The number of amides is 1. The number of ether oxygens (including phenoxy) is 2. The highest BCUT2D eigenvalue weighted by Gasteiger charge is 2.41. The quantitative estimate of drug-likeness (QED) is 0.679. The van der Waals surface area contributed by atoms with Gasteiger partial charge in [-0.25, -0.2) is 8.42 Å². The van der Waals surface area contributed by atoms with E-state index in [0.717, 1.165) is 36.6 Å². The summed E-state index contributed by atoms with van der Waals surface area (Å²) in [5.41, 5.74) is 0.863. The number of hydrogen-bond acceptors (Lipinski definition) is 5. The molecule has 1 unspecified atom stereocenters. The van der Waals surface area contributed by atoms with Gasteiger partial charge in [0.1, 0.15) is 6.04 Å². The molecule has 0 bridgehead atoms. The maximum Gasteiger partial charge on any atom is 0.245 e. The lowest BCUT2D eigenvalue weighted by Gasteiger charge is -2.38. The van der Waals surface area contributed by atoms with Crippen LogP contribution in [0.3, 0.4) is 0 Å². The Kier molecular flexibility index (Phi) is 6.24. The topological polar surface area (TPSA) is 81.1 Å². The molecule has 3 aliphatic heterocycles. The summed E-state index contributed by atoms with van der Waals surface area (Å²) in [6.07, 6.45) is 7.24. The van der Waals surface area contributed by atoms with Gasteiger partial charge in [0.25, 0.3) is 0 Å². The molecule has 0 saturated carbocycles. The summed E-state index contributed by atoms with van der Waals surface area (Å²) in [7, 11) is -3.51. The Morgan fingerprint density at radius 2 is 1.64 bits per heavy atom. The van der Waals surface area contributed by atoms with E-state index >= 15 is 0 Å². The molecule has 3 aliphatic rings. The minimum Gasteiger partial charge on any atom is -0.347 e. The molecule has 1 atom stereocenters. The Balaban J connectivity index is 1.32. The smallest absolute Gasteiger partial charge is 0.245 e. The maximum absolute atomic E-state index is 13.2. The molecule has 0 N–H and O–H groups in total. The molecular weight excluding hydrogens is 442 g/mol. The number of benzene rings is 1. The molecule has 33 heavy (non-hydrogen) atoms. The molecule has 5 rings (SSSR count). The van der Waals surface area contributed by atoms with Gasteiger partial charge >= 0.3 is 0 Å². The predicted octanol–water partition coefficient (Wildman–Crippen LogP) is 3.13. The average molecular weight is 476 g/mol. The van der Waals surface area contributed by atoms with Crippen LogP contribution in [0.15, 0.2) is 35.4 Å². The van der Waals surface area contributed by atoms with E-state index in [9.17, 15) is 13.2 Å². The first-order chi connectivity index (χ1) is 15.9. The van der Waals surface area contributed by atoms with E-state index in [2.05, 4.69) is 0 Å². The highest BCUT2D eigenvalue weighted by molar-refractivity contribution is 7.89. The van der Waals surface area contributed by atoms with Gasteiger partial charge in [-0.2, -0.15) is 4.31 Å². The SMILES string of the molecule is CC(C(=O)N1CCC2(CC1)OCCO2)n1ccc2cc(S(=O)(=O)N3CCCCCC3)ccc21. The molecule has 8 nitrogen and oxygen atoms in total. The van der Waals surface area contributed by atoms with E-state index in [0.29, 0.717) is 57.1 Å². The molecule has 9 heteroatoms. The molecule has 0 radical (unpaired) electrons. The van der Waals surface area contributed by atoms with Crippen molar-refractivity contribution >= 4 is 26.8 Å². The molecule has 3 fully saturated rings. The number of nitrogens with zero attached hydrogens (tertiary/aromatic N) is 3. The van der Waals surface area contributed by atoms with Gasteiger partial charge in [-0.15, -0.1) is 0 Å². The van der Waals surface area contributed by atoms with Gasteiger partial charge < -0.3 is 18.9 Å². The van der Waals surface area contributed by atoms with E-state index in [1.54, 1.807) is 16.4 Å². The summed E-state index contributed by atoms with van der Waals surface area (Å²) in [5.74, 6) is -0.447. The fraction of sp³-hybridized carbons (Fsp3) is 0.625. The number of piperidine rings is 1. The monoisotopic (exact) mass is 475 g/mol. The van der Waals surface area contributed by atoms with Gasteiger partial charge in [0.2, 0.25) is 15.9 Å². The Morgan fingerprint density at radius 1 is 0.970 bits per heavy atom. The minimum absolute atomic E-state index is 0.0570. The van der Waals surface area contributed by atoms with E-state index in [4.69, 9.17) is 9.47 Å². The fourth-order valence-electron chi connectivity index (χ4n) is 5.31. The lowest BCUT2D eigenvalue weighted by molar-refractivity contribution is -0.188. The molecule has 4 heterocycles. The van der Waals surface area contributed by atoms with Crippen LogP contribution in [0.2, 0.25) is 0 Å². The molecule has 1 aromatic carbocycles. The maximum atomic E-state index is 13.2. The number of likely N-dealkylation sites (tertiary alicyclic amines) is 1. The summed E-state index contributed by atoms with van der Waals surface area (Å²) in [5, 5.41) is 0.830. The van der Waals surface area contributed by atoms with Gasteiger partial charge in [0.15, 0.2) is 5.79 Å². The van der Waals surface area contributed by atoms with Crippen molar-refractivity contribution < 1.29 is 22.7 Å². The summed E-state index contributed by atoms with van der Waals surface area (Å²) in [6.45, 7) is 5.53. The number of fused-ring (bicyclic) bond motifs is 1. The van der Waals surface area contributed by atoms with Crippen molar-refractivity contribution in [2.24, 2.45) is 0 Å². The second kappa shape index (κ2) is 9.02. The van der Waals surface area contributed by atoms with E-state index in [1.807, 2.05) is 34.7 Å². The second-order valence-corrected chi connectivity index (χ2v) is 11.3. The summed E-state index contributed by atoms with van der Waals surface area (Å²) in [4.78, 5) is 15.4. The van der Waals surface area contributed by atoms with Crippen LogP contribution >= 0.6 is 0 Å². The van der Waals surface area contributed by atoms with Crippen LogP contribution in [0.25, 0.3) is 10.9 Å². The first kappa shape index (κ1) is 22.8. The number of hydrogen-bond donors (Lipinski definition) is 0. The highest BCUT2D eigenvalue weighted by Crippen LogP contribution is 2.33. The number of carbonyl (C=O) groups is 1. The van der Waals surface area contributed by atoms with Crippen LogP contribution in [0.5, 0.6) is 0 Å². The zero-order valence-electron chi connectivity index (χ0n) is 19.2. The molecule has 2 aromatic rings. The lowest BCUT2D eigenvalue weighted by atomic mass is 10.0. The fourth-order valence-corrected chi connectivity index (χ4v) is 6.86. The van der Waals surface area contributed by atoms with Gasteiger partial charge in [0, 0.05) is 56.1 Å². The number of sulfonamides is 1. The van der Waals surface area contributed by atoms with Crippen LogP contribution in [-0.2, 0) is 24.3 Å². The van der Waals surface area contributed by atoms with Gasteiger partial charge in [0.05, 0.1) is 18.1 Å². The number of aromatic nitrogens is 1. The van der Waals surface area contributed by atoms with E-state index in [1.165, 1.54) is 0 Å². The van der Waals surface area contributed by atoms with Crippen molar-refractivity contribution in [3.8, 4) is 0 Å². The zero-order valence-corrected chi connectivity index (χ0v) is 20.1. The third-order valence-corrected chi connectivity index (χ3v) is 9.21. The van der Waals surface area contributed by atoms with Crippen molar-refractivity contribution in [3.63, 3.8) is 0 Å². The van der Waals surface area contributed by atoms with Crippen LogP contribution < -0.4 is 0 Å². The normalized spacial score (nSPS) is 23.1. The summed E-state index contributed by atoms with van der Waals surface area (Å²) >= 11 is 0. The third-order valence-electron chi connectivity index (χ3n) is 7.32. The molecule has 1 amide bonds. The Morgan fingerprint density at radius 3 is 2.30 bits per heavy atom. The highest BCUT2D eigenvalue weighted by atomic mass is 32.2. The minimum atomic E-state index is -3.51. The molecule has 1 aromatic heterocycles. The lowest BCUT2D eigenvalue weighted by Crippen LogP contribution is -2.48. The van der Waals surface area contributed by atoms with Crippen molar-refractivity contribution in [1.82, 2.24) is 13.8 Å².